The molecule has 0 fully saturated rings. The van der Waals surface area contributed by atoms with E-state index < -0.39 is 25.7 Å². The van der Waals surface area contributed by atoms with Crippen molar-refractivity contribution in [3.8, 4) is 0 Å². The highest BCUT2D eigenvalue weighted by atomic mass is 28.4. The van der Waals surface area contributed by atoms with Gasteiger partial charge in [-0.15, -0.1) is 0 Å². The number of halogens is 3. The first-order chi connectivity index (χ1) is 10.2. The summed E-state index contributed by atoms with van der Waals surface area (Å²) in [5.74, 6) is -3.88. The molecule has 1 atom stereocenters. The molecule has 0 bridgehead atoms. The number of pyridine rings is 1. The van der Waals surface area contributed by atoms with Crippen LogP contribution in [0.1, 0.15) is 33.4 Å². The highest BCUT2D eigenvalue weighted by Crippen LogP contribution is 2.44. The van der Waals surface area contributed by atoms with E-state index in [1.165, 1.54) is 13.0 Å². The Morgan fingerprint density at radius 1 is 1.23 bits per heavy atom. The molecule has 1 heterocycles. The molecule has 2 nitrogen and oxygen atoms in total. The van der Waals surface area contributed by atoms with Crippen LogP contribution in [0.5, 0.6) is 0 Å². The van der Waals surface area contributed by atoms with Crippen LogP contribution in [0.3, 0.4) is 0 Å². The van der Waals surface area contributed by atoms with Crippen LogP contribution in [0.25, 0.3) is 0 Å². The number of nitrogens with zero attached hydrogens (tertiary/aromatic N) is 1. The van der Waals surface area contributed by atoms with E-state index in [9.17, 15) is 13.2 Å². The summed E-state index contributed by atoms with van der Waals surface area (Å²) in [4.78, 5) is 3.85. The van der Waals surface area contributed by atoms with Crippen molar-refractivity contribution in [1.29, 1.82) is 0 Å². The summed E-state index contributed by atoms with van der Waals surface area (Å²) in [6, 6.07) is 4.56. The quantitative estimate of drug-likeness (QED) is 0.477. The molecule has 22 heavy (non-hydrogen) atoms. The number of aromatic nitrogens is 1. The van der Waals surface area contributed by atoms with Crippen LogP contribution in [-0.4, -0.2) is 19.2 Å². The van der Waals surface area contributed by atoms with Gasteiger partial charge in [0.25, 0.3) is 5.92 Å². The van der Waals surface area contributed by atoms with Gasteiger partial charge in [-0.05, 0) is 43.3 Å². The van der Waals surface area contributed by atoms with E-state index in [2.05, 4.69) is 11.6 Å². The molecule has 0 aliphatic rings. The van der Waals surface area contributed by atoms with Crippen molar-refractivity contribution in [2.24, 2.45) is 0 Å². The average Bonchev–Trinajstić information content (AvgIpc) is 2.53. The second-order valence-electron chi connectivity index (χ2n) is 5.57. The Kier molecular flexibility index (Phi) is 5.98. The average molecular weight is 331 g/mol. The first-order valence-corrected chi connectivity index (χ1v) is 10.1. The largest absolute Gasteiger partial charge is 0.401 e. The highest BCUT2D eigenvalue weighted by Gasteiger charge is 2.54. The van der Waals surface area contributed by atoms with Crippen molar-refractivity contribution in [3.05, 3.63) is 42.5 Å². The smallest absolute Gasteiger partial charge is 0.298 e. The Hall–Kier alpha value is -1.14. The van der Waals surface area contributed by atoms with Gasteiger partial charge >= 0.3 is 0 Å². The molecule has 0 amide bonds. The van der Waals surface area contributed by atoms with E-state index in [1.807, 2.05) is 20.8 Å². The van der Waals surface area contributed by atoms with Crippen LogP contribution < -0.4 is 0 Å². The fourth-order valence-corrected chi connectivity index (χ4v) is 5.58. The Labute approximate surface area is 131 Å². The zero-order valence-corrected chi connectivity index (χ0v) is 14.6. The lowest BCUT2D eigenvalue weighted by atomic mass is 9.93. The molecule has 1 unspecified atom stereocenters. The van der Waals surface area contributed by atoms with Gasteiger partial charge in [0.15, 0.2) is 13.9 Å². The molecule has 1 aromatic heterocycles. The van der Waals surface area contributed by atoms with E-state index in [0.717, 1.165) is 30.4 Å². The van der Waals surface area contributed by atoms with E-state index >= 15 is 0 Å². The third-order valence-corrected chi connectivity index (χ3v) is 9.17. The van der Waals surface area contributed by atoms with Crippen LogP contribution in [-0.2, 0) is 10.0 Å². The minimum Gasteiger partial charge on any atom is -0.401 e. The molecule has 0 aromatic carbocycles. The maximum atomic E-state index is 14.6. The van der Waals surface area contributed by atoms with Gasteiger partial charge in [0.1, 0.15) is 5.82 Å². The van der Waals surface area contributed by atoms with Crippen LogP contribution in [0.4, 0.5) is 13.2 Å². The minimum absolute atomic E-state index is 0.0195. The van der Waals surface area contributed by atoms with Gasteiger partial charge in [0.2, 0.25) is 0 Å². The van der Waals surface area contributed by atoms with Gasteiger partial charge in [0, 0.05) is 0 Å². The summed E-state index contributed by atoms with van der Waals surface area (Å²) < 4.78 is 48.3. The molecule has 6 heteroatoms. The Bertz CT molecular complexity index is 494. The van der Waals surface area contributed by atoms with Crippen molar-refractivity contribution < 1.29 is 17.6 Å². The monoisotopic (exact) mass is 331 g/mol. The molecule has 0 spiro atoms. The van der Waals surface area contributed by atoms with Gasteiger partial charge < -0.3 is 4.43 Å². The topological polar surface area (TPSA) is 22.1 Å². The minimum atomic E-state index is -3.31. The van der Waals surface area contributed by atoms with Crippen molar-refractivity contribution in [3.63, 3.8) is 0 Å². The second kappa shape index (κ2) is 6.96. The molecule has 1 rings (SSSR count). The van der Waals surface area contributed by atoms with Crippen LogP contribution in [0.15, 0.2) is 31.0 Å². The van der Waals surface area contributed by atoms with Gasteiger partial charge in [-0.3, -0.25) is 4.98 Å². The fraction of sp³-hybridized carbons (Fsp3) is 0.562. The van der Waals surface area contributed by atoms with Crippen molar-refractivity contribution in [2.75, 3.05) is 0 Å². The maximum Gasteiger partial charge on any atom is 0.298 e. The van der Waals surface area contributed by atoms with Gasteiger partial charge in [-0.25, -0.2) is 4.39 Å². The SMILES string of the molecule is C=CC(F)(F)C(C)(O[Si](CC)(CC)CC)c1ccc(F)cn1. The molecular weight excluding hydrogens is 307 g/mol. The van der Waals surface area contributed by atoms with Gasteiger partial charge in [-0.2, -0.15) is 8.78 Å². The molecule has 0 saturated heterocycles. The first kappa shape index (κ1) is 18.9. The molecule has 0 saturated carbocycles. The molecule has 0 aliphatic carbocycles. The van der Waals surface area contributed by atoms with E-state index in [1.54, 1.807) is 0 Å². The Balaban J connectivity index is 3.41. The normalized spacial score (nSPS) is 15.4. The lowest BCUT2D eigenvalue weighted by Gasteiger charge is -2.43. The fourth-order valence-electron chi connectivity index (χ4n) is 2.54. The van der Waals surface area contributed by atoms with E-state index in [4.69, 9.17) is 4.43 Å². The van der Waals surface area contributed by atoms with Crippen LogP contribution >= 0.6 is 0 Å². The third kappa shape index (κ3) is 3.43. The summed E-state index contributed by atoms with van der Waals surface area (Å²) in [6.45, 7) is 10.4. The lowest BCUT2D eigenvalue weighted by molar-refractivity contribution is -0.136. The van der Waals surface area contributed by atoms with Crippen molar-refractivity contribution >= 4 is 8.32 Å². The number of hydrogen-bond donors (Lipinski definition) is 0. The summed E-state index contributed by atoms with van der Waals surface area (Å²) in [5.41, 5.74) is -1.93. The van der Waals surface area contributed by atoms with Crippen LogP contribution in [0.2, 0.25) is 18.1 Å². The number of alkyl halides is 2. The predicted octanol–water partition coefficient (Wildman–Crippen LogP) is 5.28. The highest BCUT2D eigenvalue weighted by molar-refractivity contribution is 6.73. The Morgan fingerprint density at radius 2 is 1.77 bits per heavy atom. The lowest BCUT2D eigenvalue weighted by Crippen LogP contribution is -2.53. The molecule has 0 radical (unpaired) electrons. The third-order valence-electron chi connectivity index (χ3n) is 4.46. The summed E-state index contributed by atoms with van der Waals surface area (Å²) >= 11 is 0. The molecule has 0 aliphatic heterocycles. The molecule has 1 aromatic rings. The zero-order chi connectivity index (χ0) is 17.0. The molecular formula is C16H24F3NOSi. The van der Waals surface area contributed by atoms with E-state index in [0.29, 0.717) is 6.08 Å². The second-order valence-corrected chi connectivity index (χ2v) is 10.3. The van der Waals surface area contributed by atoms with Gasteiger partial charge in [-0.1, -0.05) is 27.4 Å². The standard InChI is InChI=1S/C16H24F3NOSi/c1-6-16(18,19)15(5,14-11-10-13(17)12-20-14)21-22(7-2,8-3)9-4/h6,10-12H,1,7-9H2,2-5H3. The van der Waals surface area contributed by atoms with Crippen molar-refractivity contribution in [1.82, 2.24) is 4.98 Å². The molecule has 0 N–H and O–H groups in total. The summed E-state index contributed by atoms with van der Waals surface area (Å²) in [7, 11) is -2.34. The predicted molar refractivity (Wildman–Crippen MR) is 85.0 cm³/mol. The maximum absolute atomic E-state index is 14.6. The zero-order valence-electron chi connectivity index (χ0n) is 13.6. The molecule has 124 valence electrons. The first-order valence-electron chi connectivity index (χ1n) is 7.54. The summed E-state index contributed by atoms with van der Waals surface area (Å²) in [6.07, 6.45) is 1.52. The van der Waals surface area contributed by atoms with Crippen LogP contribution in [0, 0.1) is 5.82 Å². The summed E-state index contributed by atoms with van der Waals surface area (Å²) in [5, 5.41) is 0. The number of rotatable bonds is 8. The van der Waals surface area contributed by atoms with Gasteiger partial charge in [0.05, 0.1) is 11.9 Å². The Morgan fingerprint density at radius 3 is 2.14 bits per heavy atom. The number of hydrogen-bond acceptors (Lipinski definition) is 2. The van der Waals surface area contributed by atoms with Crippen molar-refractivity contribution in [2.45, 2.75) is 57.4 Å². The van der Waals surface area contributed by atoms with E-state index in [-0.39, 0.29) is 5.69 Å².